The molecule has 2 aliphatic rings. The Morgan fingerprint density at radius 2 is 1.71 bits per heavy atom. The molecule has 2 fully saturated rings. The van der Waals surface area contributed by atoms with Crippen LogP contribution < -0.4 is 4.90 Å². The SMILES string of the molecule is O=S(=O)(C1CC1)N1CCN(c2nccc(-c3ccccn3)n2)CC1. The van der Waals surface area contributed by atoms with E-state index in [9.17, 15) is 8.42 Å². The van der Waals surface area contributed by atoms with Crippen LogP contribution in [0.4, 0.5) is 5.95 Å². The number of aromatic nitrogens is 3. The molecule has 1 saturated carbocycles. The fraction of sp³-hybridized carbons (Fsp3) is 0.438. The van der Waals surface area contributed by atoms with E-state index < -0.39 is 10.0 Å². The van der Waals surface area contributed by atoms with E-state index in [1.54, 1.807) is 16.7 Å². The minimum Gasteiger partial charge on any atom is -0.338 e. The number of sulfonamides is 1. The molecule has 0 N–H and O–H groups in total. The highest BCUT2D eigenvalue weighted by atomic mass is 32.2. The van der Waals surface area contributed by atoms with Crippen molar-refractivity contribution in [3.63, 3.8) is 0 Å². The van der Waals surface area contributed by atoms with Gasteiger partial charge in [0, 0.05) is 38.6 Å². The van der Waals surface area contributed by atoms with Gasteiger partial charge in [0.05, 0.1) is 16.6 Å². The smallest absolute Gasteiger partial charge is 0.225 e. The first kappa shape index (κ1) is 15.5. The first-order valence-electron chi connectivity index (χ1n) is 8.13. The monoisotopic (exact) mass is 345 g/mol. The van der Waals surface area contributed by atoms with Crippen molar-refractivity contribution in [1.82, 2.24) is 19.3 Å². The Hall–Kier alpha value is -2.06. The maximum Gasteiger partial charge on any atom is 0.225 e. The summed E-state index contributed by atoms with van der Waals surface area (Å²) in [6.07, 6.45) is 5.06. The third kappa shape index (κ3) is 2.99. The molecule has 3 heterocycles. The van der Waals surface area contributed by atoms with Crippen LogP contribution in [0.2, 0.25) is 0 Å². The largest absolute Gasteiger partial charge is 0.338 e. The van der Waals surface area contributed by atoms with Gasteiger partial charge in [0.25, 0.3) is 0 Å². The lowest BCUT2D eigenvalue weighted by molar-refractivity contribution is 0.382. The molecule has 4 rings (SSSR count). The fourth-order valence-corrected chi connectivity index (χ4v) is 4.70. The molecule has 2 aromatic heterocycles. The van der Waals surface area contributed by atoms with Crippen LogP contribution in [-0.4, -0.2) is 59.1 Å². The third-order valence-corrected chi connectivity index (χ3v) is 6.80. The van der Waals surface area contributed by atoms with Crippen LogP contribution in [-0.2, 0) is 10.0 Å². The van der Waals surface area contributed by atoms with Gasteiger partial charge in [-0.05, 0) is 31.0 Å². The molecule has 24 heavy (non-hydrogen) atoms. The number of nitrogens with zero attached hydrogens (tertiary/aromatic N) is 5. The molecular formula is C16H19N5O2S. The summed E-state index contributed by atoms with van der Waals surface area (Å²) in [6, 6.07) is 7.53. The average molecular weight is 345 g/mol. The van der Waals surface area contributed by atoms with E-state index in [-0.39, 0.29) is 5.25 Å². The van der Waals surface area contributed by atoms with E-state index >= 15 is 0 Å². The number of hydrogen-bond acceptors (Lipinski definition) is 6. The lowest BCUT2D eigenvalue weighted by Gasteiger charge is -2.34. The van der Waals surface area contributed by atoms with E-state index in [1.807, 2.05) is 29.2 Å². The summed E-state index contributed by atoms with van der Waals surface area (Å²) in [7, 11) is -3.09. The van der Waals surface area contributed by atoms with E-state index in [0.717, 1.165) is 24.2 Å². The lowest BCUT2D eigenvalue weighted by atomic mass is 10.2. The van der Waals surface area contributed by atoms with Crippen LogP contribution in [0.25, 0.3) is 11.4 Å². The molecule has 0 radical (unpaired) electrons. The predicted molar refractivity (Wildman–Crippen MR) is 91.0 cm³/mol. The Morgan fingerprint density at radius 1 is 0.917 bits per heavy atom. The molecule has 0 aromatic carbocycles. The highest BCUT2D eigenvalue weighted by Gasteiger charge is 2.41. The highest BCUT2D eigenvalue weighted by molar-refractivity contribution is 7.90. The molecule has 0 spiro atoms. The van der Waals surface area contributed by atoms with Crippen molar-refractivity contribution in [3.8, 4) is 11.4 Å². The van der Waals surface area contributed by atoms with Crippen LogP contribution in [0.3, 0.4) is 0 Å². The van der Waals surface area contributed by atoms with Gasteiger partial charge < -0.3 is 4.90 Å². The first-order chi connectivity index (χ1) is 11.6. The van der Waals surface area contributed by atoms with Crippen molar-refractivity contribution >= 4 is 16.0 Å². The summed E-state index contributed by atoms with van der Waals surface area (Å²) < 4.78 is 26.2. The second kappa shape index (κ2) is 6.10. The molecule has 1 saturated heterocycles. The summed E-state index contributed by atoms with van der Waals surface area (Å²) in [4.78, 5) is 15.3. The third-order valence-electron chi connectivity index (χ3n) is 4.40. The van der Waals surface area contributed by atoms with Gasteiger partial charge in [-0.1, -0.05) is 6.07 Å². The normalized spacial score (nSPS) is 19.4. The molecule has 2 aromatic rings. The Labute approximate surface area is 141 Å². The van der Waals surface area contributed by atoms with Crippen molar-refractivity contribution < 1.29 is 8.42 Å². The van der Waals surface area contributed by atoms with E-state index in [2.05, 4.69) is 15.0 Å². The summed E-state index contributed by atoms with van der Waals surface area (Å²) >= 11 is 0. The molecule has 0 unspecified atom stereocenters. The summed E-state index contributed by atoms with van der Waals surface area (Å²) in [5.41, 5.74) is 1.57. The molecule has 7 nitrogen and oxygen atoms in total. The molecule has 8 heteroatoms. The van der Waals surface area contributed by atoms with Crippen LogP contribution >= 0.6 is 0 Å². The zero-order chi connectivity index (χ0) is 16.6. The van der Waals surface area contributed by atoms with Crippen LogP contribution in [0.1, 0.15) is 12.8 Å². The standard InChI is InChI=1S/C16H19N5O2S/c22-24(23,13-4-5-13)21-11-9-20(10-12-21)16-18-8-6-15(19-16)14-3-1-2-7-17-14/h1-3,6-8,13H,4-5,9-12H2. The van der Waals surface area contributed by atoms with Crippen molar-refractivity contribution in [3.05, 3.63) is 36.7 Å². The van der Waals surface area contributed by atoms with Crippen LogP contribution in [0.5, 0.6) is 0 Å². The molecule has 0 atom stereocenters. The summed E-state index contributed by atoms with van der Waals surface area (Å²) in [5, 5.41) is -0.146. The van der Waals surface area contributed by atoms with E-state index in [1.165, 1.54) is 0 Å². The van der Waals surface area contributed by atoms with Gasteiger partial charge in [-0.25, -0.2) is 18.4 Å². The maximum absolute atomic E-state index is 12.3. The number of pyridine rings is 1. The van der Waals surface area contributed by atoms with E-state index in [0.29, 0.717) is 32.1 Å². The molecule has 0 bridgehead atoms. The molecule has 1 aliphatic heterocycles. The summed E-state index contributed by atoms with van der Waals surface area (Å²) in [6.45, 7) is 2.21. The van der Waals surface area contributed by atoms with Crippen molar-refractivity contribution in [2.45, 2.75) is 18.1 Å². The number of rotatable bonds is 4. The highest BCUT2D eigenvalue weighted by Crippen LogP contribution is 2.31. The fourth-order valence-electron chi connectivity index (χ4n) is 2.88. The molecule has 0 amide bonds. The molecule has 126 valence electrons. The van der Waals surface area contributed by atoms with Gasteiger partial charge in [0.1, 0.15) is 0 Å². The topological polar surface area (TPSA) is 79.3 Å². The van der Waals surface area contributed by atoms with Gasteiger partial charge in [-0.15, -0.1) is 0 Å². The maximum atomic E-state index is 12.3. The van der Waals surface area contributed by atoms with Crippen molar-refractivity contribution in [2.24, 2.45) is 0 Å². The van der Waals surface area contributed by atoms with Gasteiger partial charge in [-0.3, -0.25) is 4.98 Å². The Bertz CT molecular complexity index is 815. The van der Waals surface area contributed by atoms with Crippen molar-refractivity contribution in [2.75, 3.05) is 31.1 Å². The average Bonchev–Trinajstić information content (AvgIpc) is 3.48. The first-order valence-corrected chi connectivity index (χ1v) is 9.63. The van der Waals surface area contributed by atoms with Gasteiger partial charge in [0.15, 0.2) is 0 Å². The second-order valence-electron chi connectivity index (χ2n) is 6.09. The number of piperazine rings is 1. The van der Waals surface area contributed by atoms with Crippen LogP contribution in [0, 0.1) is 0 Å². The Morgan fingerprint density at radius 3 is 2.38 bits per heavy atom. The Kier molecular flexibility index (Phi) is 3.93. The van der Waals surface area contributed by atoms with E-state index in [4.69, 9.17) is 0 Å². The summed E-state index contributed by atoms with van der Waals surface area (Å²) in [5.74, 6) is 0.627. The molecular weight excluding hydrogens is 326 g/mol. The van der Waals surface area contributed by atoms with Crippen LogP contribution in [0.15, 0.2) is 36.7 Å². The number of hydrogen-bond donors (Lipinski definition) is 0. The second-order valence-corrected chi connectivity index (χ2v) is 8.30. The molecule has 1 aliphatic carbocycles. The zero-order valence-electron chi connectivity index (χ0n) is 13.2. The van der Waals surface area contributed by atoms with Gasteiger partial charge in [0.2, 0.25) is 16.0 Å². The number of anilines is 1. The van der Waals surface area contributed by atoms with Gasteiger partial charge >= 0.3 is 0 Å². The quantitative estimate of drug-likeness (QED) is 0.827. The Balaban J connectivity index is 1.48. The lowest BCUT2D eigenvalue weighted by Crippen LogP contribution is -2.50. The minimum atomic E-state index is -3.09. The van der Waals surface area contributed by atoms with Gasteiger partial charge in [-0.2, -0.15) is 4.31 Å². The van der Waals surface area contributed by atoms with Crippen molar-refractivity contribution in [1.29, 1.82) is 0 Å². The predicted octanol–water partition coefficient (Wildman–Crippen LogP) is 1.15. The minimum absolute atomic E-state index is 0.146. The zero-order valence-corrected chi connectivity index (χ0v) is 14.1.